The maximum atomic E-state index is 12.9. The zero-order valence-corrected chi connectivity index (χ0v) is 19.4. The van der Waals surface area contributed by atoms with Gasteiger partial charge >= 0.3 is 0 Å². The number of rotatable bonds is 9. The Morgan fingerprint density at radius 2 is 1.90 bits per heavy atom. The van der Waals surface area contributed by atoms with Crippen LogP contribution in [0.15, 0.2) is 64.9 Å². The summed E-state index contributed by atoms with van der Waals surface area (Å²) in [6, 6.07) is 13.5. The van der Waals surface area contributed by atoms with Crippen molar-refractivity contribution in [1.82, 2.24) is 20.1 Å². The first kappa shape index (κ1) is 23.2. The van der Waals surface area contributed by atoms with Crippen molar-refractivity contribution in [2.75, 3.05) is 17.3 Å². The first-order chi connectivity index (χ1) is 15.0. The van der Waals surface area contributed by atoms with Crippen molar-refractivity contribution < 1.29 is 9.59 Å². The van der Waals surface area contributed by atoms with Gasteiger partial charge in [-0.15, -0.1) is 10.2 Å². The van der Waals surface area contributed by atoms with Crippen molar-refractivity contribution in [3.8, 4) is 0 Å². The number of thioether (sulfide) groups is 1. The molecule has 3 aromatic rings. The Balaban J connectivity index is 1.65. The van der Waals surface area contributed by atoms with Crippen molar-refractivity contribution in [3.63, 3.8) is 0 Å². The zero-order valence-electron chi connectivity index (χ0n) is 17.0. The molecular formula is C21H22ClN5O2S2. The number of hydrogen-bond donors (Lipinski definition) is 2. The van der Waals surface area contributed by atoms with Gasteiger partial charge in [0.2, 0.25) is 5.91 Å². The summed E-state index contributed by atoms with van der Waals surface area (Å²) in [5.74, 6) is 0.0826. The van der Waals surface area contributed by atoms with Gasteiger partial charge in [0.1, 0.15) is 12.4 Å². The molecule has 2 aromatic carbocycles. The minimum atomic E-state index is -0.677. The Morgan fingerprint density at radius 3 is 2.55 bits per heavy atom. The lowest BCUT2D eigenvalue weighted by molar-refractivity contribution is -0.118. The van der Waals surface area contributed by atoms with E-state index in [2.05, 4.69) is 20.8 Å². The highest BCUT2D eigenvalue weighted by molar-refractivity contribution is 7.99. The topological polar surface area (TPSA) is 88.9 Å². The summed E-state index contributed by atoms with van der Waals surface area (Å²) in [7, 11) is 1.88. The molecule has 0 saturated carbocycles. The number of carbonyl (C=O) groups excluding carboxylic acids is 2. The lowest BCUT2D eigenvalue weighted by Gasteiger charge is -2.18. The molecule has 0 aliphatic carbocycles. The van der Waals surface area contributed by atoms with Crippen LogP contribution in [0.5, 0.6) is 0 Å². The molecule has 10 heteroatoms. The number of aryl methyl sites for hydroxylation is 1. The zero-order chi connectivity index (χ0) is 22.2. The van der Waals surface area contributed by atoms with E-state index < -0.39 is 6.04 Å². The summed E-state index contributed by atoms with van der Waals surface area (Å²) in [5, 5.41) is 14.7. The minimum Gasteiger partial charge on any atom is -0.340 e. The first-order valence-electron chi connectivity index (χ1n) is 9.45. The Morgan fingerprint density at radius 1 is 1.16 bits per heavy atom. The van der Waals surface area contributed by atoms with Gasteiger partial charge in [-0.2, -0.15) is 11.8 Å². The van der Waals surface area contributed by atoms with E-state index in [1.54, 1.807) is 42.4 Å². The first-order valence-corrected chi connectivity index (χ1v) is 12.0. The van der Waals surface area contributed by atoms with Crippen LogP contribution in [-0.4, -0.2) is 44.6 Å². The van der Waals surface area contributed by atoms with Crippen molar-refractivity contribution in [2.24, 2.45) is 7.05 Å². The van der Waals surface area contributed by atoms with Crippen LogP contribution in [0.4, 0.5) is 5.69 Å². The molecule has 0 bridgehead atoms. The number of carbonyl (C=O) groups is 2. The molecule has 7 nitrogen and oxygen atoms in total. The van der Waals surface area contributed by atoms with Gasteiger partial charge < -0.3 is 15.2 Å². The molecule has 162 valence electrons. The molecule has 2 amide bonds. The number of halogens is 1. The van der Waals surface area contributed by atoms with Crippen molar-refractivity contribution in [2.45, 2.75) is 22.5 Å². The fourth-order valence-corrected chi connectivity index (χ4v) is 4.15. The minimum absolute atomic E-state index is 0.275. The van der Waals surface area contributed by atoms with Crippen LogP contribution in [-0.2, 0) is 11.8 Å². The fraction of sp³-hybridized carbons (Fsp3) is 0.238. The van der Waals surface area contributed by atoms with Crippen LogP contribution < -0.4 is 10.6 Å². The number of aromatic nitrogens is 3. The molecule has 0 aliphatic heterocycles. The quantitative estimate of drug-likeness (QED) is 0.484. The fourth-order valence-electron chi connectivity index (χ4n) is 2.69. The predicted molar refractivity (Wildman–Crippen MR) is 126 cm³/mol. The van der Waals surface area contributed by atoms with Crippen LogP contribution in [0.1, 0.15) is 16.8 Å². The van der Waals surface area contributed by atoms with Crippen LogP contribution in [0.3, 0.4) is 0 Å². The van der Waals surface area contributed by atoms with Gasteiger partial charge in [-0.3, -0.25) is 9.59 Å². The average Bonchev–Trinajstić information content (AvgIpc) is 3.17. The predicted octanol–water partition coefficient (Wildman–Crippen LogP) is 4.11. The summed E-state index contributed by atoms with van der Waals surface area (Å²) in [6.07, 6.45) is 4.10. The molecular weight excluding hydrogens is 454 g/mol. The highest BCUT2D eigenvalue weighted by atomic mass is 35.5. The summed E-state index contributed by atoms with van der Waals surface area (Å²) >= 11 is 9.20. The van der Waals surface area contributed by atoms with Gasteiger partial charge in [0.25, 0.3) is 5.91 Å². The van der Waals surface area contributed by atoms with E-state index >= 15 is 0 Å². The third-order valence-corrected chi connectivity index (χ3v) is 6.39. The maximum Gasteiger partial charge on any atom is 0.253 e. The van der Waals surface area contributed by atoms with Gasteiger partial charge in [-0.25, -0.2) is 0 Å². The summed E-state index contributed by atoms with van der Waals surface area (Å²) in [4.78, 5) is 26.5. The summed E-state index contributed by atoms with van der Waals surface area (Å²) < 4.78 is 1.83. The number of amides is 2. The molecule has 1 aromatic heterocycles. The Hall–Kier alpha value is -2.49. The van der Waals surface area contributed by atoms with E-state index in [4.69, 9.17) is 11.6 Å². The SMILES string of the molecule is CSCCC(NC(=O)c1ccccc1Cl)C(=O)Nc1ccc(Sc2nncn2C)cc1. The standard InChI is InChI=1S/C21H22ClN5O2S2/c1-27-13-23-26-21(27)31-15-9-7-14(8-10-15)24-20(29)18(11-12-30-2)25-19(28)16-5-3-4-6-17(16)22/h3-10,13,18H,11-12H2,1-2H3,(H,24,29)(H,25,28). The van der Waals surface area contributed by atoms with Crippen molar-refractivity contribution in [1.29, 1.82) is 0 Å². The molecule has 1 unspecified atom stereocenters. The van der Waals surface area contributed by atoms with Crippen LogP contribution in [0.25, 0.3) is 0 Å². The molecule has 2 N–H and O–H groups in total. The smallest absolute Gasteiger partial charge is 0.253 e. The Bertz CT molecular complexity index is 1040. The van der Waals surface area contributed by atoms with E-state index in [-0.39, 0.29) is 11.8 Å². The third-order valence-electron chi connectivity index (χ3n) is 4.35. The van der Waals surface area contributed by atoms with Gasteiger partial charge in [-0.05, 0) is 66.6 Å². The normalized spacial score (nSPS) is 11.7. The molecule has 0 aliphatic rings. The average molecular weight is 476 g/mol. The molecule has 0 spiro atoms. The number of anilines is 1. The molecule has 0 radical (unpaired) electrons. The van der Waals surface area contributed by atoms with Gasteiger partial charge in [0, 0.05) is 17.6 Å². The Labute approximate surface area is 194 Å². The van der Waals surface area contributed by atoms with Crippen LogP contribution in [0.2, 0.25) is 5.02 Å². The number of nitrogens with one attached hydrogen (secondary N) is 2. The second-order valence-corrected chi connectivity index (χ2v) is 9.06. The number of benzene rings is 2. The lowest BCUT2D eigenvalue weighted by Crippen LogP contribution is -2.44. The molecule has 3 rings (SSSR count). The molecule has 0 saturated heterocycles. The monoisotopic (exact) mass is 475 g/mol. The van der Waals surface area contributed by atoms with Crippen molar-refractivity contribution >= 4 is 52.6 Å². The van der Waals surface area contributed by atoms with Gasteiger partial charge in [-0.1, -0.05) is 23.7 Å². The second-order valence-electron chi connectivity index (χ2n) is 6.63. The lowest BCUT2D eigenvalue weighted by atomic mass is 10.1. The number of nitrogens with zero attached hydrogens (tertiary/aromatic N) is 3. The molecule has 31 heavy (non-hydrogen) atoms. The molecule has 1 heterocycles. The second kappa shape index (κ2) is 11.2. The van der Waals surface area contributed by atoms with E-state index in [1.165, 1.54) is 11.8 Å². The van der Waals surface area contributed by atoms with Gasteiger partial charge in [0.15, 0.2) is 5.16 Å². The van der Waals surface area contributed by atoms with E-state index in [0.717, 1.165) is 15.8 Å². The highest BCUT2D eigenvalue weighted by Crippen LogP contribution is 2.26. The third kappa shape index (κ3) is 6.49. The summed E-state index contributed by atoms with van der Waals surface area (Å²) in [6.45, 7) is 0. The molecule has 0 fully saturated rings. The van der Waals surface area contributed by atoms with E-state index in [9.17, 15) is 9.59 Å². The van der Waals surface area contributed by atoms with Crippen LogP contribution in [0, 0.1) is 0 Å². The van der Waals surface area contributed by atoms with Gasteiger partial charge in [0.05, 0.1) is 10.6 Å². The van der Waals surface area contributed by atoms with Crippen molar-refractivity contribution in [3.05, 3.63) is 65.4 Å². The maximum absolute atomic E-state index is 12.9. The largest absolute Gasteiger partial charge is 0.340 e. The van der Waals surface area contributed by atoms with E-state index in [0.29, 0.717) is 22.7 Å². The van der Waals surface area contributed by atoms with Crippen LogP contribution >= 0.6 is 35.1 Å². The Kier molecular flexibility index (Phi) is 8.39. The van der Waals surface area contributed by atoms with E-state index in [1.807, 2.05) is 42.1 Å². The summed E-state index contributed by atoms with van der Waals surface area (Å²) in [5.41, 5.74) is 0.990. The number of hydrogen-bond acceptors (Lipinski definition) is 6. The highest BCUT2D eigenvalue weighted by Gasteiger charge is 2.22. The molecule has 1 atom stereocenters.